The van der Waals surface area contributed by atoms with Crippen LogP contribution >= 0.6 is 0 Å². The zero-order valence-corrected chi connectivity index (χ0v) is 15.0. The molecule has 0 saturated heterocycles. The Morgan fingerprint density at radius 2 is 1.56 bits per heavy atom. The molecule has 4 rings (SSSR count). The summed E-state index contributed by atoms with van der Waals surface area (Å²) in [5.74, 6) is -0.295. The molecule has 0 N–H and O–H groups in total. The molecular weight excluding hydrogens is 345 g/mol. The van der Waals surface area contributed by atoms with Crippen LogP contribution in [0.5, 0.6) is 0 Å². The van der Waals surface area contributed by atoms with Gasteiger partial charge in [-0.2, -0.15) is 0 Å². The van der Waals surface area contributed by atoms with E-state index in [-0.39, 0.29) is 17.1 Å². The van der Waals surface area contributed by atoms with Crippen molar-refractivity contribution in [1.82, 2.24) is 13.7 Å². The van der Waals surface area contributed by atoms with E-state index >= 15 is 0 Å². The molecule has 0 amide bonds. The molecule has 0 aliphatic heterocycles. The number of rotatable bonds is 3. The maximum Gasteiger partial charge on any atom is 0.330 e. The number of fused-ring (bicyclic) bond motifs is 1. The summed E-state index contributed by atoms with van der Waals surface area (Å²) in [6, 6.07) is 15.8. The third kappa shape index (κ3) is 2.79. The van der Waals surface area contributed by atoms with E-state index < -0.39 is 0 Å². The first kappa shape index (κ1) is 17.0. The predicted molar refractivity (Wildman–Crippen MR) is 103 cm³/mol. The highest BCUT2D eigenvalue weighted by molar-refractivity contribution is 5.93. The van der Waals surface area contributed by atoms with E-state index in [2.05, 4.69) is 0 Å². The van der Waals surface area contributed by atoms with E-state index in [9.17, 15) is 14.0 Å². The number of hydrogen-bond donors (Lipinski definition) is 0. The fourth-order valence-electron chi connectivity index (χ4n) is 3.41. The van der Waals surface area contributed by atoms with Crippen LogP contribution in [-0.4, -0.2) is 13.7 Å². The van der Waals surface area contributed by atoms with Crippen molar-refractivity contribution in [3.05, 3.63) is 93.0 Å². The Balaban J connectivity index is 2.04. The highest BCUT2D eigenvalue weighted by Gasteiger charge is 2.19. The lowest BCUT2D eigenvalue weighted by Crippen LogP contribution is -2.36. The van der Waals surface area contributed by atoms with Crippen LogP contribution in [0.2, 0.25) is 0 Å². The highest BCUT2D eigenvalue weighted by Crippen LogP contribution is 2.28. The Labute approximate surface area is 154 Å². The Kier molecular flexibility index (Phi) is 4.03. The Morgan fingerprint density at radius 1 is 0.889 bits per heavy atom. The normalized spacial score (nSPS) is 11.2. The molecule has 0 bridgehead atoms. The lowest BCUT2D eigenvalue weighted by atomic mass is 10.1. The van der Waals surface area contributed by atoms with E-state index in [1.54, 1.807) is 19.2 Å². The monoisotopic (exact) mass is 363 g/mol. The molecule has 0 aliphatic carbocycles. The van der Waals surface area contributed by atoms with Gasteiger partial charge in [-0.3, -0.25) is 13.9 Å². The van der Waals surface area contributed by atoms with Crippen molar-refractivity contribution >= 4 is 10.9 Å². The topological polar surface area (TPSA) is 48.9 Å². The molecule has 2 aromatic carbocycles. The van der Waals surface area contributed by atoms with Crippen molar-refractivity contribution in [3.63, 3.8) is 0 Å². The number of aryl methyl sites for hydroxylation is 1. The van der Waals surface area contributed by atoms with Gasteiger partial charge in [-0.05, 0) is 23.3 Å². The summed E-state index contributed by atoms with van der Waals surface area (Å²) in [4.78, 5) is 25.2. The minimum Gasteiger partial charge on any atom is -0.340 e. The number of halogens is 1. The third-order valence-corrected chi connectivity index (χ3v) is 4.83. The molecular formula is C21H18FN3O2. The van der Waals surface area contributed by atoms with Crippen LogP contribution in [0.1, 0.15) is 5.56 Å². The van der Waals surface area contributed by atoms with Gasteiger partial charge in [0.15, 0.2) is 0 Å². The fraction of sp³-hybridized carbons (Fsp3) is 0.143. The van der Waals surface area contributed by atoms with E-state index in [1.165, 1.54) is 23.7 Å². The van der Waals surface area contributed by atoms with Gasteiger partial charge >= 0.3 is 5.69 Å². The lowest BCUT2D eigenvalue weighted by molar-refractivity contribution is 0.626. The van der Waals surface area contributed by atoms with Crippen LogP contribution in [0.3, 0.4) is 0 Å². The molecule has 27 heavy (non-hydrogen) atoms. The van der Waals surface area contributed by atoms with Crippen LogP contribution in [0.15, 0.2) is 70.4 Å². The first-order chi connectivity index (χ1) is 13.0. The molecule has 0 fully saturated rings. The molecule has 2 aromatic heterocycles. The Morgan fingerprint density at radius 3 is 2.22 bits per heavy atom. The average Bonchev–Trinajstić information content (AvgIpc) is 3.06. The van der Waals surface area contributed by atoms with Crippen molar-refractivity contribution in [3.8, 4) is 11.3 Å². The van der Waals surface area contributed by atoms with Gasteiger partial charge in [-0.1, -0.05) is 42.5 Å². The minimum atomic E-state index is -0.369. The van der Waals surface area contributed by atoms with Gasteiger partial charge in [0, 0.05) is 26.8 Å². The molecule has 6 heteroatoms. The quantitative estimate of drug-likeness (QED) is 0.562. The van der Waals surface area contributed by atoms with Crippen LogP contribution in [0.25, 0.3) is 22.2 Å². The first-order valence-electron chi connectivity index (χ1n) is 8.56. The summed E-state index contributed by atoms with van der Waals surface area (Å²) in [5, 5.41) is 0.493. The van der Waals surface area contributed by atoms with Gasteiger partial charge in [0.25, 0.3) is 5.56 Å². The van der Waals surface area contributed by atoms with E-state index in [0.717, 1.165) is 21.4 Å². The molecule has 5 nitrogen and oxygen atoms in total. The molecule has 0 saturated carbocycles. The van der Waals surface area contributed by atoms with Crippen LogP contribution in [0.4, 0.5) is 4.39 Å². The lowest BCUT2D eigenvalue weighted by Gasteiger charge is -2.10. The molecule has 2 heterocycles. The zero-order valence-electron chi connectivity index (χ0n) is 15.0. The summed E-state index contributed by atoms with van der Waals surface area (Å²) in [7, 11) is 3.14. The molecule has 136 valence electrons. The number of aromatic nitrogens is 3. The fourth-order valence-corrected chi connectivity index (χ4v) is 3.41. The highest BCUT2D eigenvalue weighted by atomic mass is 19.1. The van der Waals surface area contributed by atoms with Crippen LogP contribution in [-0.2, 0) is 20.6 Å². The number of benzene rings is 2. The van der Waals surface area contributed by atoms with Gasteiger partial charge in [0.1, 0.15) is 5.82 Å². The van der Waals surface area contributed by atoms with Crippen molar-refractivity contribution in [1.29, 1.82) is 0 Å². The third-order valence-electron chi connectivity index (χ3n) is 4.83. The van der Waals surface area contributed by atoms with Gasteiger partial charge in [-0.15, -0.1) is 0 Å². The smallest absolute Gasteiger partial charge is 0.330 e. The second-order valence-electron chi connectivity index (χ2n) is 6.56. The van der Waals surface area contributed by atoms with Gasteiger partial charge in [-0.25, -0.2) is 9.18 Å². The van der Waals surface area contributed by atoms with Crippen molar-refractivity contribution in [2.75, 3.05) is 0 Å². The van der Waals surface area contributed by atoms with E-state index in [4.69, 9.17) is 0 Å². The SMILES string of the molecule is Cn1c(=O)c2c(-c3ccccc3)n(Cc3ccc(F)cc3)cc2n(C)c1=O. The molecule has 0 atom stereocenters. The summed E-state index contributed by atoms with van der Waals surface area (Å²) >= 11 is 0. The van der Waals surface area contributed by atoms with Crippen molar-refractivity contribution in [2.45, 2.75) is 6.54 Å². The summed E-state index contributed by atoms with van der Waals surface area (Å²) in [5.41, 5.74) is 2.40. The van der Waals surface area contributed by atoms with E-state index in [1.807, 2.05) is 41.1 Å². The second-order valence-corrected chi connectivity index (χ2v) is 6.56. The Bertz CT molecular complexity index is 1250. The molecule has 0 spiro atoms. The number of nitrogens with zero attached hydrogens (tertiary/aromatic N) is 3. The average molecular weight is 363 g/mol. The van der Waals surface area contributed by atoms with E-state index in [0.29, 0.717) is 17.4 Å². The zero-order chi connectivity index (χ0) is 19.1. The predicted octanol–water partition coefficient (Wildman–Crippen LogP) is 2.89. The molecule has 0 unspecified atom stereocenters. The molecule has 0 aliphatic rings. The van der Waals surface area contributed by atoms with Crippen LogP contribution < -0.4 is 11.2 Å². The van der Waals surface area contributed by atoms with Crippen molar-refractivity contribution < 1.29 is 4.39 Å². The first-order valence-corrected chi connectivity index (χ1v) is 8.56. The van der Waals surface area contributed by atoms with Crippen LogP contribution in [0, 0.1) is 5.82 Å². The summed E-state index contributed by atoms with van der Waals surface area (Å²) < 4.78 is 17.8. The molecule has 4 aromatic rings. The standard InChI is InChI=1S/C21H18FN3O2/c1-23-17-13-25(12-14-8-10-16(22)11-9-14)19(15-6-4-3-5-7-15)18(17)20(26)24(2)21(23)27/h3-11,13H,12H2,1-2H3. The second kappa shape index (κ2) is 6.39. The Hall–Kier alpha value is -3.41. The number of hydrogen-bond acceptors (Lipinski definition) is 2. The largest absolute Gasteiger partial charge is 0.340 e. The van der Waals surface area contributed by atoms with Gasteiger partial charge in [0.2, 0.25) is 0 Å². The summed E-state index contributed by atoms with van der Waals surface area (Å²) in [6.07, 6.45) is 1.81. The van der Waals surface area contributed by atoms with Gasteiger partial charge in [0.05, 0.1) is 16.6 Å². The maximum atomic E-state index is 13.2. The molecule has 0 radical (unpaired) electrons. The maximum absolute atomic E-state index is 13.2. The minimum absolute atomic E-state index is 0.295. The van der Waals surface area contributed by atoms with Crippen molar-refractivity contribution in [2.24, 2.45) is 14.1 Å². The van der Waals surface area contributed by atoms with Gasteiger partial charge < -0.3 is 4.57 Å². The summed E-state index contributed by atoms with van der Waals surface area (Å²) in [6.45, 7) is 0.455.